The van der Waals surface area contributed by atoms with Gasteiger partial charge in [-0.1, -0.05) is 0 Å². The number of amides is 1. The Labute approximate surface area is 166 Å². The molecule has 1 aliphatic heterocycles. The third-order valence-corrected chi connectivity index (χ3v) is 5.51. The highest BCUT2D eigenvalue weighted by Crippen LogP contribution is 2.29. The van der Waals surface area contributed by atoms with Gasteiger partial charge in [0, 0.05) is 36.4 Å². The predicted octanol–water partition coefficient (Wildman–Crippen LogP) is 3.78. The molecule has 4 rings (SSSR count). The quantitative estimate of drug-likeness (QED) is 0.699. The summed E-state index contributed by atoms with van der Waals surface area (Å²) < 4.78 is 16.5. The number of aromatic nitrogens is 2. The number of pyridine rings is 1. The summed E-state index contributed by atoms with van der Waals surface area (Å²) in [7, 11) is 0. The highest BCUT2D eigenvalue weighted by atomic mass is 19.1. The van der Waals surface area contributed by atoms with Gasteiger partial charge in [-0.2, -0.15) is 0 Å². The van der Waals surface area contributed by atoms with Crippen LogP contribution in [0, 0.1) is 5.82 Å². The van der Waals surface area contributed by atoms with Gasteiger partial charge >= 0.3 is 12.1 Å². The van der Waals surface area contributed by atoms with Gasteiger partial charge < -0.3 is 19.7 Å². The lowest BCUT2D eigenvalue weighted by Crippen LogP contribution is -2.36. The second kappa shape index (κ2) is 7.54. The first-order valence-corrected chi connectivity index (χ1v) is 9.37. The van der Waals surface area contributed by atoms with Crippen molar-refractivity contribution in [3.05, 3.63) is 65.4 Å². The molecule has 0 spiro atoms. The summed E-state index contributed by atoms with van der Waals surface area (Å²) in [6.45, 7) is 1.12. The zero-order chi connectivity index (χ0) is 20.5. The number of nitrogens with zero attached hydrogens (tertiary/aromatic N) is 3. The van der Waals surface area contributed by atoms with E-state index in [4.69, 9.17) is 10.2 Å². The Morgan fingerprint density at radius 2 is 1.90 bits per heavy atom. The van der Waals surface area contributed by atoms with Gasteiger partial charge in [0.1, 0.15) is 5.82 Å². The van der Waals surface area contributed by atoms with E-state index in [1.54, 1.807) is 30.6 Å². The lowest BCUT2D eigenvalue weighted by Gasteiger charge is -2.30. The molecule has 1 amide bonds. The second-order valence-corrected chi connectivity index (χ2v) is 7.26. The van der Waals surface area contributed by atoms with Crippen molar-refractivity contribution < 1.29 is 24.2 Å². The number of benzene rings is 1. The molecule has 0 radical (unpaired) electrons. The standard InChI is InChI=1S/C21H20FN3O4/c22-17-10-16(13-3-6-24(7-4-13)21(28)29)11-23-18(17)12-25-8-5-14-9-15(20(26)27)1-2-19(14)25/h1-2,5,8-11,13H,3-4,6-7,12H2,(H,26,27)(H,28,29). The van der Waals surface area contributed by atoms with Gasteiger partial charge in [0.25, 0.3) is 0 Å². The van der Waals surface area contributed by atoms with Crippen molar-refractivity contribution in [2.24, 2.45) is 0 Å². The number of fused-ring (bicyclic) bond motifs is 1. The summed E-state index contributed by atoms with van der Waals surface area (Å²) >= 11 is 0. The molecule has 29 heavy (non-hydrogen) atoms. The highest BCUT2D eigenvalue weighted by Gasteiger charge is 2.24. The Morgan fingerprint density at radius 1 is 1.14 bits per heavy atom. The van der Waals surface area contributed by atoms with Crippen molar-refractivity contribution in [1.29, 1.82) is 0 Å². The first kappa shape index (κ1) is 18.9. The monoisotopic (exact) mass is 397 g/mol. The number of hydrogen-bond donors (Lipinski definition) is 2. The van der Waals surface area contributed by atoms with Crippen LogP contribution in [-0.4, -0.2) is 49.8 Å². The topological polar surface area (TPSA) is 95.7 Å². The molecule has 1 aliphatic rings. The van der Waals surface area contributed by atoms with Crippen LogP contribution in [0.25, 0.3) is 10.9 Å². The second-order valence-electron chi connectivity index (χ2n) is 7.26. The van der Waals surface area contributed by atoms with E-state index in [-0.39, 0.29) is 18.0 Å². The van der Waals surface area contributed by atoms with E-state index >= 15 is 0 Å². The highest BCUT2D eigenvalue weighted by molar-refractivity contribution is 5.93. The molecule has 1 fully saturated rings. The maximum atomic E-state index is 14.7. The number of carboxylic acid groups (broad SMARTS) is 2. The molecule has 0 aliphatic carbocycles. The summed E-state index contributed by atoms with van der Waals surface area (Å²) in [6.07, 6.45) is 3.85. The van der Waals surface area contributed by atoms with Crippen LogP contribution in [0.4, 0.5) is 9.18 Å². The van der Waals surface area contributed by atoms with Gasteiger partial charge in [-0.25, -0.2) is 14.0 Å². The van der Waals surface area contributed by atoms with Gasteiger partial charge in [-0.15, -0.1) is 0 Å². The van der Waals surface area contributed by atoms with Crippen LogP contribution in [0.1, 0.15) is 40.4 Å². The fourth-order valence-electron chi connectivity index (χ4n) is 3.86. The molecule has 0 saturated carbocycles. The predicted molar refractivity (Wildman–Crippen MR) is 104 cm³/mol. The Bertz CT molecular complexity index is 1090. The minimum absolute atomic E-state index is 0.100. The molecule has 2 N–H and O–H groups in total. The average molecular weight is 397 g/mol. The minimum Gasteiger partial charge on any atom is -0.478 e. The van der Waals surface area contributed by atoms with Crippen LogP contribution in [0.2, 0.25) is 0 Å². The number of aromatic carboxylic acids is 1. The number of hydrogen-bond acceptors (Lipinski definition) is 3. The van der Waals surface area contributed by atoms with Gasteiger partial charge in [0.15, 0.2) is 0 Å². The lowest BCUT2D eigenvalue weighted by molar-refractivity contribution is 0.0697. The molecule has 0 atom stereocenters. The Balaban J connectivity index is 1.51. The third kappa shape index (κ3) is 3.78. The Hall–Kier alpha value is -3.42. The number of carbonyl (C=O) groups is 2. The summed E-state index contributed by atoms with van der Waals surface area (Å²) in [6, 6.07) is 8.12. The average Bonchev–Trinajstić information content (AvgIpc) is 3.11. The molecule has 150 valence electrons. The maximum absolute atomic E-state index is 14.7. The molecule has 1 saturated heterocycles. The Morgan fingerprint density at radius 3 is 2.55 bits per heavy atom. The summed E-state index contributed by atoms with van der Waals surface area (Å²) in [4.78, 5) is 27.8. The van der Waals surface area contributed by atoms with Crippen LogP contribution in [0.15, 0.2) is 42.7 Å². The minimum atomic E-state index is -0.989. The van der Waals surface area contributed by atoms with Crippen molar-refractivity contribution in [1.82, 2.24) is 14.5 Å². The smallest absolute Gasteiger partial charge is 0.407 e. The zero-order valence-corrected chi connectivity index (χ0v) is 15.6. The number of carboxylic acids is 1. The van der Waals surface area contributed by atoms with Crippen LogP contribution < -0.4 is 0 Å². The Kier molecular flexibility index (Phi) is 4.92. The number of halogens is 1. The SMILES string of the molecule is O=C(O)c1ccc2c(ccn2Cc2ncc(C3CCN(C(=O)O)CC3)cc2F)c1. The van der Waals surface area contributed by atoms with Crippen molar-refractivity contribution in [2.45, 2.75) is 25.3 Å². The molecule has 7 nitrogen and oxygen atoms in total. The largest absolute Gasteiger partial charge is 0.478 e. The van der Waals surface area contributed by atoms with E-state index in [1.807, 2.05) is 4.57 Å². The number of rotatable bonds is 4. The van der Waals surface area contributed by atoms with E-state index in [0.717, 1.165) is 16.5 Å². The molecule has 8 heteroatoms. The first-order chi connectivity index (χ1) is 13.9. The maximum Gasteiger partial charge on any atom is 0.407 e. The fourth-order valence-corrected chi connectivity index (χ4v) is 3.86. The van der Waals surface area contributed by atoms with Crippen molar-refractivity contribution in [3.8, 4) is 0 Å². The summed E-state index contributed by atoms with van der Waals surface area (Å²) in [5.74, 6) is -1.28. The van der Waals surface area contributed by atoms with E-state index in [0.29, 0.717) is 31.6 Å². The molecule has 2 aromatic heterocycles. The fraction of sp³-hybridized carbons (Fsp3) is 0.286. The number of likely N-dealkylation sites (tertiary alicyclic amines) is 1. The molecular weight excluding hydrogens is 377 g/mol. The van der Waals surface area contributed by atoms with Gasteiger partial charge in [-0.05, 0) is 54.7 Å². The van der Waals surface area contributed by atoms with Crippen LogP contribution in [0.5, 0.6) is 0 Å². The van der Waals surface area contributed by atoms with Crippen LogP contribution in [-0.2, 0) is 6.54 Å². The van der Waals surface area contributed by atoms with Crippen molar-refractivity contribution in [3.63, 3.8) is 0 Å². The van der Waals surface area contributed by atoms with E-state index in [2.05, 4.69) is 4.98 Å². The van der Waals surface area contributed by atoms with E-state index in [9.17, 15) is 14.0 Å². The van der Waals surface area contributed by atoms with E-state index in [1.165, 1.54) is 17.0 Å². The summed E-state index contributed by atoms with van der Waals surface area (Å²) in [5, 5.41) is 18.9. The molecule has 0 unspecified atom stereocenters. The van der Waals surface area contributed by atoms with Gasteiger partial charge in [-0.3, -0.25) is 4.98 Å². The molecule has 3 aromatic rings. The number of piperidine rings is 1. The normalized spacial score (nSPS) is 15.0. The van der Waals surface area contributed by atoms with Gasteiger partial charge in [0.05, 0.1) is 17.8 Å². The van der Waals surface area contributed by atoms with Crippen molar-refractivity contribution >= 4 is 23.0 Å². The third-order valence-electron chi connectivity index (χ3n) is 5.51. The van der Waals surface area contributed by atoms with Crippen LogP contribution in [0.3, 0.4) is 0 Å². The van der Waals surface area contributed by atoms with Crippen LogP contribution >= 0.6 is 0 Å². The van der Waals surface area contributed by atoms with E-state index < -0.39 is 17.9 Å². The lowest BCUT2D eigenvalue weighted by atomic mass is 9.90. The zero-order valence-electron chi connectivity index (χ0n) is 15.6. The van der Waals surface area contributed by atoms with Gasteiger partial charge in [0.2, 0.25) is 0 Å². The van der Waals surface area contributed by atoms with Crippen molar-refractivity contribution in [2.75, 3.05) is 13.1 Å². The first-order valence-electron chi connectivity index (χ1n) is 9.37. The summed E-state index contributed by atoms with van der Waals surface area (Å²) in [5.41, 5.74) is 2.11. The molecule has 1 aromatic carbocycles. The molecule has 3 heterocycles. The molecular formula is C21H20FN3O4. The molecule has 0 bridgehead atoms.